The zero-order chi connectivity index (χ0) is 19.5. The lowest BCUT2D eigenvalue weighted by molar-refractivity contribution is -0.137. The van der Waals surface area contributed by atoms with E-state index >= 15 is 0 Å². The van der Waals surface area contributed by atoms with Crippen molar-refractivity contribution in [2.45, 2.75) is 18.4 Å². The Balaban J connectivity index is 1.67. The first-order valence-electron chi connectivity index (χ1n) is 8.42. The van der Waals surface area contributed by atoms with Gasteiger partial charge in [-0.1, -0.05) is 0 Å². The van der Waals surface area contributed by atoms with Crippen molar-refractivity contribution in [3.05, 3.63) is 42.3 Å². The summed E-state index contributed by atoms with van der Waals surface area (Å²) in [5.41, 5.74) is -0.675. The molecule has 5 heterocycles. The van der Waals surface area contributed by atoms with Crippen LogP contribution in [0, 0.1) is 0 Å². The van der Waals surface area contributed by atoms with Crippen LogP contribution in [0.2, 0.25) is 0 Å². The van der Waals surface area contributed by atoms with Gasteiger partial charge in [-0.3, -0.25) is 9.20 Å². The molecule has 8 nitrogen and oxygen atoms in total. The Morgan fingerprint density at radius 2 is 2.07 bits per heavy atom. The van der Waals surface area contributed by atoms with Crippen molar-refractivity contribution in [1.82, 2.24) is 19.3 Å². The van der Waals surface area contributed by atoms with Crippen LogP contribution in [0.1, 0.15) is 16.1 Å². The van der Waals surface area contributed by atoms with Crippen molar-refractivity contribution in [3.63, 3.8) is 0 Å². The summed E-state index contributed by atoms with van der Waals surface area (Å²) in [6.07, 6.45) is -0.651. The largest absolute Gasteiger partial charge is 0.443 e. The van der Waals surface area contributed by atoms with Crippen LogP contribution < -0.4 is 0 Å². The maximum atomic E-state index is 13.5. The summed E-state index contributed by atoms with van der Waals surface area (Å²) in [5, 5.41) is 0. The number of fused-ring (bicyclic) bond motifs is 3. The van der Waals surface area contributed by atoms with E-state index in [1.54, 1.807) is 0 Å². The van der Waals surface area contributed by atoms with Crippen LogP contribution in [0.5, 0.6) is 0 Å². The van der Waals surface area contributed by atoms with Crippen molar-refractivity contribution in [3.8, 4) is 11.3 Å². The summed E-state index contributed by atoms with van der Waals surface area (Å²) in [7, 11) is 0. The van der Waals surface area contributed by atoms with Crippen molar-refractivity contribution in [2.75, 3.05) is 19.8 Å². The van der Waals surface area contributed by atoms with E-state index in [1.807, 2.05) is 0 Å². The fourth-order valence-electron chi connectivity index (χ4n) is 3.54. The third-order valence-electron chi connectivity index (χ3n) is 4.84. The minimum atomic E-state index is -4.62. The molecule has 5 rings (SSSR count). The molecule has 1 amide bonds. The highest BCUT2D eigenvalue weighted by Gasteiger charge is 2.43. The number of alkyl halides is 3. The Labute approximate surface area is 155 Å². The molecule has 0 radical (unpaired) electrons. The van der Waals surface area contributed by atoms with E-state index in [-0.39, 0.29) is 35.3 Å². The molecule has 2 atom stereocenters. The fourth-order valence-corrected chi connectivity index (χ4v) is 3.54. The minimum absolute atomic E-state index is 0.00395. The summed E-state index contributed by atoms with van der Waals surface area (Å²) >= 11 is 0. The topological polar surface area (TPSA) is 82.1 Å². The SMILES string of the molecule is O=C(c1cnc2c(-c3cnco3)cc(C(F)(F)F)cn12)N1C2COCC1OC2. The average Bonchev–Trinajstić information content (AvgIpc) is 3.38. The van der Waals surface area contributed by atoms with E-state index in [0.29, 0.717) is 13.2 Å². The Morgan fingerprint density at radius 3 is 2.79 bits per heavy atom. The quantitative estimate of drug-likeness (QED) is 0.663. The number of hydrogen-bond acceptors (Lipinski definition) is 6. The van der Waals surface area contributed by atoms with Crippen molar-refractivity contribution >= 4 is 11.6 Å². The summed E-state index contributed by atoms with van der Waals surface area (Å²) in [6, 6.07) is 0.648. The van der Waals surface area contributed by atoms with Gasteiger partial charge in [-0.15, -0.1) is 0 Å². The Morgan fingerprint density at radius 1 is 1.21 bits per heavy atom. The minimum Gasteiger partial charge on any atom is -0.443 e. The van der Waals surface area contributed by atoms with Crippen LogP contribution in [0.4, 0.5) is 13.2 Å². The molecule has 0 spiro atoms. The molecule has 3 aromatic heterocycles. The molecule has 2 saturated heterocycles. The van der Waals surface area contributed by atoms with Crippen molar-refractivity contribution < 1.29 is 31.9 Å². The molecule has 0 saturated carbocycles. The van der Waals surface area contributed by atoms with Gasteiger partial charge in [0.15, 0.2) is 18.4 Å². The smallest absolute Gasteiger partial charge is 0.417 e. The average molecular weight is 394 g/mol. The highest BCUT2D eigenvalue weighted by atomic mass is 19.4. The van der Waals surface area contributed by atoms with Gasteiger partial charge in [0.1, 0.15) is 11.3 Å². The molecule has 146 valence electrons. The molecular weight excluding hydrogens is 381 g/mol. The number of amides is 1. The molecule has 0 aliphatic carbocycles. The zero-order valence-corrected chi connectivity index (χ0v) is 14.2. The summed E-state index contributed by atoms with van der Waals surface area (Å²) in [4.78, 5) is 22.5. The molecule has 28 heavy (non-hydrogen) atoms. The third kappa shape index (κ3) is 2.58. The molecule has 3 aromatic rings. The normalized spacial score (nSPS) is 22.2. The number of pyridine rings is 1. The van der Waals surface area contributed by atoms with Gasteiger partial charge >= 0.3 is 6.18 Å². The number of carbonyl (C=O) groups is 1. The monoisotopic (exact) mass is 394 g/mol. The summed E-state index contributed by atoms with van der Waals surface area (Å²) in [6.45, 7) is 0.858. The van der Waals surface area contributed by atoms with Gasteiger partial charge in [-0.25, -0.2) is 9.97 Å². The molecule has 2 fully saturated rings. The Hall–Kier alpha value is -2.92. The number of morpholine rings is 1. The standard InChI is InChI=1S/C17H13F3N4O4/c18-17(19,20)9-1-11(13-3-21-8-28-13)15-22-2-12(23(15)4-9)16(25)24-10-5-26-7-14(24)27-6-10/h1-4,8,10,14H,5-7H2. The van der Waals surface area contributed by atoms with Gasteiger partial charge < -0.3 is 18.8 Å². The molecule has 11 heteroatoms. The van der Waals surface area contributed by atoms with Gasteiger partial charge in [0.2, 0.25) is 0 Å². The van der Waals surface area contributed by atoms with E-state index in [0.717, 1.165) is 23.1 Å². The highest BCUT2D eigenvalue weighted by molar-refractivity contribution is 5.95. The molecule has 2 aliphatic heterocycles. The van der Waals surface area contributed by atoms with E-state index in [9.17, 15) is 18.0 Å². The number of rotatable bonds is 2. The number of halogens is 3. The van der Waals surface area contributed by atoms with Crippen LogP contribution in [0.15, 0.2) is 35.5 Å². The predicted octanol–water partition coefficient (Wildman–Crippen LogP) is 2.21. The lowest BCUT2D eigenvalue weighted by Crippen LogP contribution is -2.50. The lowest BCUT2D eigenvalue weighted by Gasteiger charge is -2.32. The maximum absolute atomic E-state index is 13.5. The predicted molar refractivity (Wildman–Crippen MR) is 86.2 cm³/mol. The second-order valence-electron chi connectivity index (χ2n) is 6.53. The van der Waals surface area contributed by atoms with E-state index < -0.39 is 23.9 Å². The van der Waals surface area contributed by atoms with Crippen LogP contribution in [0.3, 0.4) is 0 Å². The molecular formula is C17H13F3N4O4. The first-order valence-corrected chi connectivity index (χ1v) is 8.42. The molecule has 0 aromatic carbocycles. The highest BCUT2D eigenvalue weighted by Crippen LogP contribution is 2.35. The van der Waals surface area contributed by atoms with Crippen LogP contribution >= 0.6 is 0 Å². The van der Waals surface area contributed by atoms with E-state index in [4.69, 9.17) is 13.9 Å². The van der Waals surface area contributed by atoms with Gasteiger partial charge in [0.05, 0.1) is 49.4 Å². The summed E-state index contributed by atoms with van der Waals surface area (Å²) in [5.74, 6) is -0.346. The number of ether oxygens (including phenoxy) is 2. The van der Waals surface area contributed by atoms with Crippen molar-refractivity contribution in [2.24, 2.45) is 0 Å². The van der Waals surface area contributed by atoms with Crippen LogP contribution in [0.25, 0.3) is 17.0 Å². The Bertz CT molecular complexity index is 1030. The summed E-state index contributed by atoms with van der Waals surface area (Å²) < 4.78 is 57.6. The number of oxazole rings is 1. The number of carbonyl (C=O) groups excluding carboxylic acids is 1. The van der Waals surface area contributed by atoms with Gasteiger partial charge in [-0.2, -0.15) is 13.2 Å². The molecule has 2 aliphatic rings. The van der Waals surface area contributed by atoms with E-state index in [1.165, 1.54) is 17.3 Å². The van der Waals surface area contributed by atoms with Crippen molar-refractivity contribution in [1.29, 1.82) is 0 Å². The van der Waals surface area contributed by atoms with Gasteiger partial charge in [0.25, 0.3) is 5.91 Å². The van der Waals surface area contributed by atoms with Gasteiger partial charge in [-0.05, 0) is 6.07 Å². The second kappa shape index (κ2) is 6.04. The molecule has 0 N–H and O–H groups in total. The van der Waals surface area contributed by atoms with Gasteiger partial charge in [0, 0.05) is 6.20 Å². The lowest BCUT2D eigenvalue weighted by atomic mass is 10.1. The third-order valence-corrected chi connectivity index (χ3v) is 4.84. The fraction of sp³-hybridized carbons (Fsp3) is 0.353. The second-order valence-corrected chi connectivity index (χ2v) is 6.53. The number of imidazole rings is 1. The zero-order valence-electron chi connectivity index (χ0n) is 14.2. The first kappa shape index (κ1) is 17.2. The first-order chi connectivity index (χ1) is 13.4. The van der Waals surface area contributed by atoms with E-state index in [2.05, 4.69) is 9.97 Å². The number of aromatic nitrogens is 3. The molecule has 2 unspecified atom stereocenters. The Kier molecular flexibility index (Phi) is 3.71. The molecule has 2 bridgehead atoms. The number of nitrogens with zero attached hydrogens (tertiary/aromatic N) is 4. The van der Waals surface area contributed by atoms with Crippen LogP contribution in [-0.4, -0.2) is 57.3 Å². The maximum Gasteiger partial charge on any atom is 0.417 e. The van der Waals surface area contributed by atoms with Crippen LogP contribution in [-0.2, 0) is 15.7 Å². The number of hydrogen-bond donors (Lipinski definition) is 0.